The first-order valence-corrected chi connectivity index (χ1v) is 8.32. The first-order valence-electron chi connectivity index (χ1n) is 8.32. The maximum absolute atomic E-state index is 3.44. The van der Waals surface area contributed by atoms with Gasteiger partial charge in [-0.3, -0.25) is 0 Å². The van der Waals surface area contributed by atoms with Crippen LogP contribution in [-0.4, -0.2) is 9.97 Å². The lowest BCUT2D eigenvalue weighted by molar-refractivity contribution is 0.789. The van der Waals surface area contributed by atoms with Gasteiger partial charge >= 0.3 is 0 Å². The molecule has 2 heteroatoms. The van der Waals surface area contributed by atoms with Gasteiger partial charge in [0.05, 0.1) is 0 Å². The summed E-state index contributed by atoms with van der Waals surface area (Å²) in [7, 11) is 0. The summed E-state index contributed by atoms with van der Waals surface area (Å²) in [6.45, 7) is 6.59. The molecule has 4 rings (SSSR count). The van der Waals surface area contributed by atoms with Gasteiger partial charge in [-0.2, -0.15) is 0 Å². The lowest BCUT2D eigenvalue weighted by atomic mass is 9.88. The van der Waals surface area contributed by atoms with Crippen molar-refractivity contribution in [2.75, 3.05) is 0 Å². The van der Waals surface area contributed by atoms with Crippen LogP contribution in [0.15, 0.2) is 48.8 Å². The standard InChI is InChI=1S/C21H22N2/c1-4-15(18-11-22-20-7-5-13(2)9-16(18)20)19-12-23-21-8-6-14(3)10-17(19)21/h5-12,15,22-23H,4H2,1-3H3. The topological polar surface area (TPSA) is 31.6 Å². The highest BCUT2D eigenvalue weighted by Crippen LogP contribution is 2.37. The molecule has 0 amide bonds. The average molecular weight is 302 g/mol. The molecule has 2 heterocycles. The van der Waals surface area contributed by atoms with E-state index in [2.05, 4.69) is 79.5 Å². The molecule has 4 aromatic rings. The molecule has 0 unspecified atom stereocenters. The summed E-state index contributed by atoms with van der Waals surface area (Å²) < 4.78 is 0. The zero-order valence-corrected chi connectivity index (χ0v) is 13.9. The van der Waals surface area contributed by atoms with Crippen LogP contribution in [0.1, 0.15) is 41.5 Å². The molecule has 2 N–H and O–H groups in total. The fraction of sp³-hybridized carbons (Fsp3) is 0.238. The molecule has 2 nitrogen and oxygen atoms in total. The number of rotatable bonds is 3. The van der Waals surface area contributed by atoms with Crippen LogP contribution < -0.4 is 0 Å². The highest BCUT2D eigenvalue weighted by atomic mass is 14.7. The molecule has 0 aliphatic rings. The van der Waals surface area contributed by atoms with E-state index in [4.69, 9.17) is 0 Å². The second-order valence-corrected chi connectivity index (χ2v) is 6.55. The summed E-state index contributed by atoms with van der Waals surface area (Å²) in [5.74, 6) is 0.404. The Morgan fingerprint density at radius 1 is 0.783 bits per heavy atom. The fourth-order valence-corrected chi connectivity index (χ4v) is 3.70. The van der Waals surface area contributed by atoms with E-state index in [1.54, 1.807) is 0 Å². The molecule has 23 heavy (non-hydrogen) atoms. The minimum atomic E-state index is 0.404. The van der Waals surface area contributed by atoms with Gasteiger partial charge in [0.1, 0.15) is 0 Å². The summed E-state index contributed by atoms with van der Waals surface area (Å²) in [6.07, 6.45) is 5.46. The lowest BCUT2D eigenvalue weighted by Gasteiger charge is -2.14. The Morgan fingerprint density at radius 3 is 1.70 bits per heavy atom. The summed E-state index contributed by atoms with van der Waals surface area (Å²) >= 11 is 0. The molecule has 2 aromatic heterocycles. The summed E-state index contributed by atoms with van der Waals surface area (Å²) in [5.41, 5.74) is 7.85. The Labute approximate surface area is 136 Å². The average Bonchev–Trinajstić information content (AvgIpc) is 3.13. The zero-order valence-electron chi connectivity index (χ0n) is 13.9. The summed E-state index contributed by atoms with van der Waals surface area (Å²) in [5, 5.41) is 2.69. The number of nitrogens with one attached hydrogen (secondary N) is 2. The highest BCUT2D eigenvalue weighted by Gasteiger charge is 2.19. The normalized spacial score (nSPS) is 11.8. The Bertz CT molecular complexity index is 908. The molecule has 0 spiro atoms. The SMILES string of the molecule is CCC(c1c[nH]c2ccc(C)cc12)c1c[nH]c2ccc(C)cc12. The largest absolute Gasteiger partial charge is 0.361 e. The molecular weight excluding hydrogens is 280 g/mol. The molecule has 0 atom stereocenters. The quantitative estimate of drug-likeness (QED) is 0.479. The summed E-state index contributed by atoms with van der Waals surface area (Å²) in [6, 6.07) is 13.3. The van der Waals surface area contributed by atoms with Crippen LogP contribution in [-0.2, 0) is 0 Å². The third kappa shape index (κ3) is 2.26. The van der Waals surface area contributed by atoms with E-state index in [9.17, 15) is 0 Å². The number of aromatic amines is 2. The number of fused-ring (bicyclic) bond motifs is 2. The van der Waals surface area contributed by atoms with Gasteiger partial charge in [0.25, 0.3) is 0 Å². The molecule has 0 saturated heterocycles. The van der Waals surface area contributed by atoms with E-state index in [0.717, 1.165) is 6.42 Å². The first-order chi connectivity index (χ1) is 11.2. The van der Waals surface area contributed by atoms with E-state index < -0.39 is 0 Å². The highest BCUT2D eigenvalue weighted by molar-refractivity contribution is 5.88. The molecule has 0 aliphatic carbocycles. The van der Waals surface area contributed by atoms with E-state index in [1.165, 1.54) is 44.1 Å². The maximum Gasteiger partial charge on any atom is 0.0457 e. The summed E-state index contributed by atoms with van der Waals surface area (Å²) in [4.78, 5) is 6.88. The number of benzene rings is 2. The van der Waals surface area contributed by atoms with Crippen LogP contribution in [0.3, 0.4) is 0 Å². The van der Waals surface area contributed by atoms with Gasteiger partial charge in [-0.05, 0) is 55.7 Å². The van der Waals surface area contributed by atoms with Crippen molar-refractivity contribution < 1.29 is 0 Å². The number of hydrogen-bond donors (Lipinski definition) is 2. The van der Waals surface area contributed by atoms with Crippen LogP contribution in [0.5, 0.6) is 0 Å². The van der Waals surface area contributed by atoms with Crippen LogP contribution >= 0.6 is 0 Å². The molecule has 0 radical (unpaired) electrons. The minimum absolute atomic E-state index is 0.404. The molecule has 0 saturated carbocycles. The van der Waals surface area contributed by atoms with E-state index in [1.807, 2.05) is 0 Å². The predicted octanol–water partition coefficient (Wildman–Crippen LogP) is 5.81. The smallest absolute Gasteiger partial charge is 0.0457 e. The van der Waals surface area contributed by atoms with Crippen LogP contribution in [0.25, 0.3) is 21.8 Å². The monoisotopic (exact) mass is 302 g/mol. The third-order valence-corrected chi connectivity index (χ3v) is 4.90. The molecule has 2 aromatic carbocycles. The van der Waals surface area contributed by atoms with Gasteiger partial charge in [0, 0.05) is 40.1 Å². The van der Waals surface area contributed by atoms with Crippen molar-refractivity contribution in [2.45, 2.75) is 33.1 Å². The van der Waals surface area contributed by atoms with Gasteiger partial charge in [0.15, 0.2) is 0 Å². The van der Waals surface area contributed by atoms with Gasteiger partial charge in [-0.15, -0.1) is 0 Å². The van der Waals surface area contributed by atoms with Gasteiger partial charge in [0.2, 0.25) is 0 Å². The Kier molecular flexibility index (Phi) is 3.26. The van der Waals surface area contributed by atoms with Crippen LogP contribution in [0.2, 0.25) is 0 Å². The molecular formula is C21H22N2. The Balaban J connectivity index is 1.92. The molecule has 0 aliphatic heterocycles. The van der Waals surface area contributed by atoms with E-state index in [-0.39, 0.29) is 0 Å². The number of aryl methyl sites for hydroxylation is 2. The minimum Gasteiger partial charge on any atom is -0.361 e. The van der Waals surface area contributed by atoms with Crippen molar-refractivity contribution >= 4 is 21.8 Å². The third-order valence-electron chi connectivity index (χ3n) is 4.90. The second-order valence-electron chi connectivity index (χ2n) is 6.55. The van der Waals surface area contributed by atoms with Crippen molar-refractivity contribution in [3.05, 3.63) is 71.0 Å². The lowest BCUT2D eigenvalue weighted by Crippen LogP contribution is -1.98. The first kappa shape index (κ1) is 14.1. The van der Waals surface area contributed by atoms with Crippen molar-refractivity contribution in [2.24, 2.45) is 0 Å². The molecule has 0 fully saturated rings. The van der Waals surface area contributed by atoms with E-state index in [0.29, 0.717) is 5.92 Å². The molecule has 116 valence electrons. The van der Waals surface area contributed by atoms with Crippen LogP contribution in [0, 0.1) is 13.8 Å². The molecule has 0 bridgehead atoms. The van der Waals surface area contributed by atoms with E-state index >= 15 is 0 Å². The zero-order chi connectivity index (χ0) is 16.0. The van der Waals surface area contributed by atoms with Gasteiger partial charge in [-0.25, -0.2) is 0 Å². The number of H-pyrrole nitrogens is 2. The van der Waals surface area contributed by atoms with Crippen LogP contribution in [0.4, 0.5) is 0 Å². The van der Waals surface area contributed by atoms with Crippen molar-refractivity contribution in [3.63, 3.8) is 0 Å². The Hall–Kier alpha value is -2.48. The number of aromatic nitrogens is 2. The van der Waals surface area contributed by atoms with Gasteiger partial charge in [-0.1, -0.05) is 30.2 Å². The van der Waals surface area contributed by atoms with Gasteiger partial charge < -0.3 is 9.97 Å². The Morgan fingerprint density at radius 2 is 1.26 bits per heavy atom. The maximum atomic E-state index is 3.44. The number of hydrogen-bond acceptors (Lipinski definition) is 0. The fourth-order valence-electron chi connectivity index (χ4n) is 3.70. The second kappa shape index (κ2) is 5.31. The van der Waals surface area contributed by atoms with Crippen molar-refractivity contribution in [1.82, 2.24) is 9.97 Å². The predicted molar refractivity (Wildman–Crippen MR) is 98.2 cm³/mol. The van der Waals surface area contributed by atoms with Crippen molar-refractivity contribution in [3.8, 4) is 0 Å². The van der Waals surface area contributed by atoms with Crippen molar-refractivity contribution in [1.29, 1.82) is 0 Å².